The van der Waals surface area contributed by atoms with Gasteiger partial charge in [0.15, 0.2) is 11.6 Å². The molecule has 0 aliphatic heterocycles. The smallest absolute Gasteiger partial charge is 0.162 e. The first-order chi connectivity index (χ1) is 9.13. The van der Waals surface area contributed by atoms with Crippen LogP contribution in [-0.2, 0) is 9.47 Å². The summed E-state index contributed by atoms with van der Waals surface area (Å²) in [5, 5.41) is 8.09. The Labute approximate surface area is 114 Å². The van der Waals surface area contributed by atoms with E-state index in [9.17, 15) is 0 Å². The highest BCUT2D eigenvalue weighted by Crippen LogP contribution is 2.19. The largest absolute Gasteiger partial charge is 0.359 e. The van der Waals surface area contributed by atoms with Crippen LogP contribution in [0.2, 0.25) is 0 Å². The van der Waals surface area contributed by atoms with Gasteiger partial charge in [0, 0.05) is 13.2 Å². The lowest BCUT2D eigenvalue weighted by Gasteiger charge is -2.34. The van der Waals surface area contributed by atoms with Crippen LogP contribution < -0.4 is 16.2 Å². The molecule has 0 bridgehead atoms. The summed E-state index contributed by atoms with van der Waals surface area (Å²) < 4.78 is 11.2. The number of hydrogen-bond donors (Lipinski definition) is 2. The predicted molar refractivity (Wildman–Crippen MR) is 74.5 cm³/mol. The standard InChI is InChI=1S/C12H23N5O2/c1-5-18-9(3)17(10(4)19-6-2)12-8-7-11(14-13)15-16-12/h7-10H,5-6,13H2,1-4H3,(H,14,15). The van der Waals surface area contributed by atoms with E-state index in [4.69, 9.17) is 15.3 Å². The molecular formula is C12H23N5O2. The van der Waals surface area contributed by atoms with Crippen LogP contribution in [0.5, 0.6) is 0 Å². The number of nitrogens with one attached hydrogen (secondary N) is 1. The Bertz CT molecular complexity index is 348. The molecule has 0 aliphatic rings. The number of hydrazine groups is 1. The Hall–Kier alpha value is -1.44. The zero-order chi connectivity index (χ0) is 14.3. The minimum absolute atomic E-state index is 0.155. The molecular weight excluding hydrogens is 246 g/mol. The van der Waals surface area contributed by atoms with E-state index >= 15 is 0 Å². The molecule has 7 nitrogen and oxygen atoms in total. The lowest BCUT2D eigenvalue weighted by atomic mass is 10.4. The molecule has 2 unspecified atom stereocenters. The first-order valence-electron chi connectivity index (χ1n) is 6.45. The summed E-state index contributed by atoms with van der Waals surface area (Å²) >= 11 is 0. The van der Waals surface area contributed by atoms with Gasteiger partial charge in [-0.05, 0) is 39.8 Å². The minimum Gasteiger partial charge on any atom is -0.359 e. The summed E-state index contributed by atoms with van der Waals surface area (Å²) in [5.41, 5.74) is 2.45. The van der Waals surface area contributed by atoms with E-state index in [1.165, 1.54) is 0 Å². The SMILES string of the molecule is CCOC(C)N(c1ccc(NN)nn1)C(C)OCC. The second-order valence-corrected chi connectivity index (χ2v) is 3.94. The van der Waals surface area contributed by atoms with Crippen molar-refractivity contribution in [3.05, 3.63) is 12.1 Å². The molecule has 1 aromatic heterocycles. The van der Waals surface area contributed by atoms with Crippen LogP contribution in [0.4, 0.5) is 11.6 Å². The van der Waals surface area contributed by atoms with Gasteiger partial charge in [0.1, 0.15) is 12.5 Å². The molecule has 0 spiro atoms. The first kappa shape index (κ1) is 15.6. The number of nitrogens with zero attached hydrogens (tertiary/aromatic N) is 3. The maximum absolute atomic E-state index is 5.62. The number of ether oxygens (including phenoxy) is 2. The topological polar surface area (TPSA) is 85.5 Å². The van der Waals surface area contributed by atoms with Crippen molar-refractivity contribution in [2.45, 2.75) is 40.2 Å². The lowest BCUT2D eigenvalue weighted by molar-refractivity contribution is 0.00743. The second kappa shape index (κ2) is 7.88. The van der Waals surface area contributed by atoms with Crippen molar-refractivity contribution in [2.75, 3.05) is 23.5 Å². The number of rotatable bonds is 8. The fourth-order valence-corrected chi connectivity index (χ4v) is 1.85. The molecule has 1 rings (SSSR count). The third-order valence-electron chi connectivity index (χ3n) is 2.66. The Morgan fingerprint density at radius 2 is 1.74 bits per heavy atom. The molecule has 0 aromatic carbocycles. The molecule has 0 fully saturated rings. The van der Waals surface area contributed by atoms with Gasteiger partial charge in [-0.3, -0.25) is 0 Å². The molecule has 2 atom stereocenters. The van der Waals surface area contributed by atoms with Crippen LogP contribution in [0.15, 0.2) is 12.1 Å². The van der Waals surface area contributed by atoms with Crippen molar-refractivity contribution in [3.63, 3.8) is 0 Å². The van der Waals surface area contributed by atoms with E-state index in [1.807, 2.05) is 38.7 Å². The van der Waals surface area contributed by atoms with E-state index in [2.05, 4.69) is 15.6 Å². The van der Waals surface area contributed by atoms with E-state index in [0.717, 1.165) is 0 Å². The van der Waals surface area contributed by atoms with Gasteiger partial charge in [0.25, 0.3) is 0 Å². The van der Waals surface area contributed by atoms with Crippen molar-refractivity contribution in [2.24, 2.45) is 5.84 Å². The number of anilines is 2. The zero-order valence-electron chi connectivity index (χ0n) is 12.0. The number of nitrogen functional groups attached to an aromatic ring is 1. The molecule has 1 aromatic rings. The van der Waals surface area contributed by atoms with E-state index in [0.29, 0.717) is 24.8 Å². The molecule has 7 heteroatoms. The summed E-state index contributed by atoms with van der Waals surface area (Å²) in [6, 6.07) is 3.58. The molecule has 1 heterocycles. The highest BCUT2D eigenvalue weighted by molar-refractivity contribution is 5.43. The molecule has 0 aliphatic carbocycles. The van der Waals surface area contributed by atoms with Crippen LogP contribution in [0.1, 0.15) is 27.7 Å². The van der Waals surface area contributed by atoms with Crippen LogP contribution in [0.25, 0.3) is 0 Å². The third-order valence-corrected chi connectivity index (χ3v) is 2.66. The number of hydrogen-bond acceptors (Lipinski definition) is 7. The van der Waals surface area contributed by atoms with E-state index in [1.54, 1.807) is 6.07 Å². The van der Waals surface area contributed by atoms with Crippen LogP contribution in [0.3, 0.4) is 0 Å². The van der Waals surface area contributed by atoms with E-state index in [-0.39, 0.29) is 12.5 Å². The van der Waals surface area contributed by atoms with Gasteiger partial charge in [0.2, 0.25) is 0 Å². The first-order valence-corrected chi connectivity index (χ1v) is 6.45. The number of aromatic nitrogens is 2. The van der Waals surface area contributed by atoms with Crippen LogP contribution in [0, 0.1) is 0 Å². The fourth-order valence-electron chi connectivity index (χ4n) is 1.85. The van der Waals surface area contributed by atoms with Crippen molar-refractivity contribution in [1.29, 1.82) is 0 Å². The van der Waals surface area contributed by atoms with Gasteiger partial charge in [0.05, 0.1) is 0 Å². The fraction of sp³-hybridized carbons (Fsp3) is 0.667. The average Bonchev–Trinajstić information content (AvgIpc) is 2.40. The van der Waals surface area contributed by atoms with Gasteiger partial charge < -0.3 is 19.8 Å². The number of nitrogens with two attached hydrogens (primary N) is 1. The monoisotopic (exact) mass is 269 g/mol. The summed E-state index contributed by atoms with van der Waals surface area (Å²) in [7, 11) is 0. The second-order valence-electron chi connectivity index (χ2n) is 3.94. The van der Waals surface area contributed by atoms with E-state index < -0.39 is 0 Å². The Kier molecular flexibility index (Phi) is 6.48. The Balaban J connectivity index is 2.93. The Morgan fingerprint density at radius 1 is 1.16 bits per heavy atom. The molecule has 0 saturated heterocycles. The molecule has 3 N–H and O–H groups in total. The maximum atomic E-state index is 5.62. The molecule has 0 radical (unpaired) electrons. The van der Waals surface area contributed by atoms with Gasteiger partial charge in [-0.1, -0.05) is 0 Å². The van der Waals surface area contributed by atoms with Gasteiger partial charge in [-0.15, -0.1) is 10.2 Å². The molecule has 108 valence electrons. The molecule has 0 amide bonds. The molecule has 19 heavy (non-hydrogen) atoms. The van der Waals surface area contributed by atoms with Crippen molar-refractivity contribution < 1.29 is 9.47 Å². The van der Waals surface area contributed by atoms with Gasteiger partial charge >= 0.3 is 0 Å². The predicted octanol–water partition coefficient (Wildman–Crippen LogP) is 1.33. The lowest BCUT2D eigenvalue weighted by Crippen LogP contribution is -2.44. The van der Waals surface area contributed by atoms with Crippen molar-refractivity contribution in [1.82, 2.24) is 10.2 Å². The van der Waals surface area contributed by atoms with Gasteiger partial charge in [-0.25, -0.2) is 5.84 Å². The minimum atomic E-state index is -0.155. The summed E-state index contributed by atoms with van der Waals surface area (Å²) in [4.78, 5) is 1.93. The summed E-state index contributed by atoms with van der Waals surface area (Å²) in [5.74, 6) is 6.47. The average molecular weight is 269 g/mol. The van der Waals surface area contributed by atoms with Crippen molar-refractivity contribution >= 4 is 11.6 Å². The quantitative estimate of drug-likeness (QED) is 0.418. The zero-order valence-corrected chi connectivity index (χ0v) is 12.0. The summed E-state index contributed by atoms with van der Waals surface area (Å²) in [6.07, 6.45) is -0.310. The van der Waals surface area contributed by atoms with Crippen LogP contribution >= 0.6 is 0 Å². The van der Waals surface area contributed by atoms with Crippen molar-refractivity contribution in [3.8, 4) is 0 Å². The highest BCUT2D eigenvalue weighted by Gasteiger charge is 2.22. The normalized spacial score (nSPS) is 13.9. The third kappa shape index (κ3) is 4.30. The van der Waals surface area contributed by atoms with Gasteiger partial charge in [-0.2, -0.15) is 0 Å². The molecule has 0 saturated carbocycles. The Morgan fingerprint density at radius 3 is 2.11 bits per heavy atom. The summed E-state index contributed by atoms with van der Waals surface area (Å²) in [6.45, 7) is 9.05. The maximum Gasteiger partial charge on any atom is 0.162 e. The van der Waals surface area contributed by atoms with Crippen LogP contribution in [-0.4, -0.2) is 35.9 Å². The highest BCUT2D eigenvalue weighted by atomic mass is 16.5.